The van der Waals surface area contributed by atoms with Crippen molar-refractivity contribution in [3.05, 3.63) is 60.4 Å². The van der Waals surface area contributed by atoms with Crippen molar-refractivity contribution in [2.75, 3.05) is 6.61 Å². The standard InChI is InChI=1S/C21H24N2O/c1-14-15(2)21-8-11-24-20(19(21)12-17(14)13-21)16-4-6-18(7-5-16)23-10-3-9-22-23/h3-7,9-10,15,17,19-20H,1,8,11-13H2,2H3/t15-,17+,19+,20+,21-/m0/s1. The van der Waals surface area contributed by atoms with Gasteiger partial charge in [-0.1, -0.05) is 31.2 Å². The summed E-state index contributed by atoms with van der Waals surface area (Å²) in [6.07, 6.45) is 7.83. The third-order valence-corrected chi connectivity index (χ3v) is 7.07. The predicted octanol–water partition coefficient (Wildman–Crippen LogP) is 4.55. The van der Waals surface area contributed by atoms with E-state index in [-0.39, 0.29) is 6.10 Å². The number of benzene rings is 1. The fourth-order valence-electron chi connectivity index (χ4n) is 5.73. The average molecular weight is 320 g/mol. The summed E-state index contributed by atoms with van der Waals surface area (Å²) in [6.45, 7) is 7.67. The molecule has 5 rings (SSSR count). The molecule has 2 saturated carbocycles. The fourth-order valence-corrected chi connectivity index (χ4v) is 5.73. The Morgan fingerprint density at radius 1 is 1.29 bits per heavy atom. The summed E-state index contributed by atoms with van der Waals surface area (Å²) in [6, 6.07) is 10.7. The van der Waals surface area contributed by atoms with Gasteiger partial charge in [-0.05, 0) is 66.2 Å². The maximum atomic E-state index is 6.29. The van der Waals surface area contributed by atoms with E-state index in [0.717, 1.165) is 18.2 Å². The molecule has 1 spiro atoms. The molecule has 2 bridgehead atoms. The van der Waals surface area contributed by atoms with E-state index in [2.05, 4.69) is 42.9 Å². The maximum Gasteiger partial charge on any atom is 0.0858 e. The van der Waals surface area contributed by atoms with Crippen molar-refractivity contribution in [3.63, 3.8) is 0 Å². The van der Waals surface area contributed by atoms with Crippen molar-refractivity contribution in [1.82, 2.24) is 9.78 Å². The molecular formula is C21H24N2O. The molecule has 3 fully saturated rings. The Bertz CT molecular complexity index is 764. The van der Waals surface area contributed by atoms with Gasteiger partial charge in [0, 0.05) is 19.0 Å². The van der Waals surface area contributed by atoms with E-state index < -0.39 is 0 Å². The van der Waals surface area contributed by atoms with Crippen molar-refractivity contribution in [2.24, 2.45) is 23.2 Å². The number of ether oxygens (including phenoxy) is 1. The molecule has 5 atom stereocenters. The van der Waals surface area contributed by atoms with Gasteiger partial charge in [0.25, 0.3) is 0 Å². The molecule has 1 aromatic heterocycles. The minimum atomic E-state index is 0.242. The highest BCUT2D eigenvalue weighted by Gasteiger charge is 2.61. The van der Waals surface area contributed by atoms with Gasteiger partial charge < -0.3 is 4.74 Å². The van der Waals surface area contributed by atoms with Gasteiger partial charge in [0.05, 0.1) is 11.8 Å². The number of allylic oxidation sites excluding steroid dienone is 1. The first kappa shape index (κ1) is 14.5. The Labute approximate surface area is 143 Å². The number of hydrogen-bond donors (Lipinski definition) is 0. The molecule has 2 aromatic rings. The zero-order valence-electron chi connectivity index (χ0n) is 14.2. The second kappa shape index (κ2) is 5.06. The van der Waals surface area contributed by atoms with E-state index in [9.17, 15) is 0 Å². The summed E-state index contributed by atoms with van der Waals surface area (Å²) in [4.78, 5) is 0. The third-order valence-electron chi connectivity index (χ3n) is 7.07. The summed E-state index contributed by atoms with van der Waals surface area (Å²) >= 11 is 0. The number of rotatable bonds is 2. The van der Waals surface area contributed by atoms with Crippen molar-refractivity contribution < 1.29 is 4.74 Å². The van der Waals surface area contributed by atoms with E-state index in [4.69, 9.17) is 4.74 Å². The second-order valence-corrected chi connectivity index (χ2v) is 7.86. The van der Waals surface area contributed by atoms with E-state index in [1.165, 1.54) is 30.4 Å². The van der Waals surface area contributed by atoms with Crippen LogP contribution in [0.4, 0.5) is 0 Å². The second-order valence-electron chi connectivity index (χ2n) is 7.86. The Balaban J connectivity index is 1.46. The normalized spacial score (nSPS) is 37.6. The average Bonchev–Trinajstić information content (AvgIpc) is 3.32. The molecule has 3 aliphatic rings. The van der Waals surface area contributed by atoms with Crippen LogP contribution in [0.3, 0.4) is 0 Å². The lowest BCUT2D eigenvalue weighted by Gasteiger charge is -2.48. The first-order chi connectivity index (χ1) is 11.7. The highest BCUT2D eigenvalue weighted by molar-refractivity contribution is 5.36. The zero-order valence-corrected chi connectivity index (χ0v) is 14.2. The zero-order chi connectivity index (χ0) is 16.3. The van der Waals surface area contributed by atoms with Gasteiger partial charge in [-0.3, -0.25) is 0 Å². The van der Waals surface area contributed by atoms with Crippen molar-refractivity contribution >= 4 is 0 Å². The van der Waals surface area contributed by atoms with Crippen LogP contribution in [0.2, 0.25) is 0 Å². The van der Waals surface area contributed by atoms with Gasteiger partial charge in [-0.25, -0.2) is 4.68 Å². The summed E-state index contributed by atoms with van der Waals surface area (Å²) in [5.41, 5.74) is 4.36. The number of hydrogen-bond acceptors (Lipinski definition) is 2. The molecule has 24 heavy (non-hydrogen) atoms. The van der Waals surface area contributed by atoms with Gasteiger partial charge in [0.2, 0.25) is 0 Å². The molecule has 3 heteroatoms. The minimum absolute atomic E-state index is 0.242. The van der Waals surface area contributed by atoms with Gasteiger partial charge in [0.15, 0.2) is 0 Å². The molecule has 1 saturated heterocycles. The lowest BCUT2D eigenvalue weighted by atomic mass is 9.62. The van der Waals surface area contributed by atoms with Crippen LogP contribution in [0.25, 0.3) is 5.69 Å². The smallest absolute Gasteiger partial charge is 0.0858 e. The molecule has 3 nitrogen and oxygen atoms in total. The van der Waals surface area contributed by atoms with Crippen LogP contribution >= 0.6 is 0 Å². The van der Waals surface area contributed by atoms with Crippen LogP contribution in [-0.2, 0) is 4.74 Å². The molecule has 124 valence electrons. The van der Waals surface area contributed by atoms with E-state index >= 15 is 0 Å². The molecule has 1 aromatic carbocycles. The van der Waals surface area contributed by atoms with Crippen LogP contribution in [0.15, 0.2) is 54.9 Å². The minimum Gasteiger partial charge on any atom is -0.373 e. The van der Waals surface area contributed by atoms with Crippen LogP contribution in [0.1, 0.15) is 37.9 Å². The van der Waals surface area contributed by atoms with Gasteiger partial charge in [-0.15, -0.1) is 0 Å². The van der Waals surface area contributed by atoms with Crippen molar-refractivity contribution in [3.8, 4) is 5.69 Å². The SMILES string of the molecule is C=C1[C@@H]2C[C@@H]3[C@@H](c4ccc(-n5cccn5)cc4)OCC[C@]3(C2)[C@H]1C. The third kappa shape index (κ3) is 1.85. The quantitative estimate of drug-likeness (QED) is 0.759. The molecule has 2 aliphatic carbocycles. The van der Waals surface area contributed by atoms with Gasteiger partial charge in [-0.2, -0.15) is 5.10 Å². The fraction of sp³-hybridized carbons (Fsp3) is 0.476. The lowest BCUT2D eigenvalue weighted by Crippen LogP contribution is -2.42. The highest BCUT2D eigenvalue weighted by Crippen LogP contribution is 2.68. The first-order valence-electron chi connectivity index (χ1n) is 9.09. The lowest BCUT2D eigenvalue weighted by molar-refractivity contribution is -0.106. The molecule has 0 unspecified atom stereocenters. The molecule has 0 N–H and O–H groups in total. The van der Waals surface area contributed by atoms with Crippen LogP contribution in [0.5, 0.6) is 0 Å². The van der Waals surface area contributed by atoms with Gasteiger partial charge >= 0.3 is 0 Å². The highest BCUT2D eigenvalue weighted by atomic mass is 16.5. The number of nitrogens with zero attached hydrogens (tertiary/aromatic N) is 2. The number of fused-ring (bicyclic) bond motifs is 1. The predicted molar refractivity (Wildman–Crippen MR) is 93.8 cm³/mol. The van der Waals surface area contributed by atoms with Crippen LogP contribution in [0, 0.1) is 23.2 Å². The van der Waals surface area contributed by atoms with E-state index in [0.29, 0.717) is 17.3 Å². The molecule has 1 aliphatic heterocycles. The molecule has 2 heterocycles. The first-order valence-corrected chi connectivity index (χ1v) is 9.09. The Morgan fingerprint density at radius 3 is 2.83 bits per heavy atom. The van der Waals surface area contributed by atoms with Crippen LogP contribution < -0.4 is 0 Å². The molecule has 0 amide bonds. The maximum absolute atomic E-state index is 6.29. The Morgan fingerprint density at radius 2 is 2.12 bits per heavy atom. The van der Waals surface area contributed by atoms with E-state index in [1.807, 2.05) is 23.1 Å². The van der Waals surface area contributed by atoms with Crippen molar-refractivity contribution in [2.45, 2.75) is 32.3 Å². The number of aromatic nitrogens is 2. The Kier molecular flexibility index (Phi) is 3.05. The largest absolute Gasteiger partial charge is 0.373 e. The molecule has 0 radical (unpaired) electrons. The summed E-state index contributed by atoms with van der Waals surface area (Å²) in [7, 11) is 0. The van der Waals surface area contributed by atoms with Crippen molar-refractivity contribution in [1.29, 1.82) is 0 Å². The summed E-state index contributed by atoms with van der Waals surface area (Å²) in [5.74, 6) is 2.01. The van der Waals surface area contributed by atoms with Gasteiger partial charge in [0.1, 0.15) is 0 Å². The van der Waals surface area contributed by atoms with Crippen LogP contribution in [-0.4, -0.2) is 16.4 Å². The molecular weight excluding hydrogens is 296 g/mol. The summed E-state index contributed by atoms with van der Waals surface area (Å²) in [5, 5.41) is 4.31. The summed E-state index contributed by atoms with van der Waals surface area (Å²) < 4.78 is 8.19. The monoisotopic (exact) mass is 320 g/mol. The van der Waals surface area contributed by atoms with E-state index in [1.54, 1.807) is 0 Å². The Hall–Kier alpha value is -1.87. The topological polar surface area (TPSA) is 27.1 Å².